The van der Waals surface area contributed by atoms with Gasteiger partial charge in [0.2, 0.25) is 0 Å². The summed E-state index contributed by atoms with van der Waals surface area (Å²) in [6.45, 7) is 49.0. The Morgan fingerprint density at radius 1 is 0.254 bits per heavy atom. The first-order valence-electron chi connectivity index (χ1n) is 40.2. The second-order valence-electron chi connectivity index (χ2n) is 37.9. The summed E-state index contributed by atoms with van der Waals surface area (Å²) in [7, 11) is 5.42. The molecule has 12 aromatic rings. The summed E-state index contributed by atoms with van der Waals surface area (Å²) in [5.41, 5.74) is 23.7. The Labute approximate surface area is 676 Å². The van der Waals surface area contributed by atoms with Gasteiger partial charge in [-0.05, 0) is 170 Å². The van der Waals surface area contributed by atoms with Crippen LogP contribution >= 0.6 is 0 Å². The number of aromatic nitrogens is 9. The Bertz CT molecular complexity index is 4800. The molecule has 1 aliphatic carbocycles. The third-order valence-corrected chi connectivity index (χ3v) is 22.1. The first kappa shape index (κ1) is 81.2. The maximum Gasteiger partial charge on any atom is 0.258 e. The van der Waals surface area contributed by atoms with Crippen molar-refractivity contribution in [2.75, 3.05) is 21.3 Å². The summed E-state index contributed by atoms with van der Waals surface area (Å²) < 4.78 is 48.8. The second-order valence-corrected chi connectivity index (χ2v) is 37.9. The number of rotatable bonds is 15. The van der Waals surface area contributed by atoms with Crippen molar-refractivity contribution in [3.8, 4) is 52.1 Å². The van der Waals surface area contributed by atoms with E-state index in [4.69, 9.17) is 59.4 Å². The van der Waals surface area contributed by atoms with Gasteiger partial charge in [-0.25, -0.2) is 14.0 Å². The zero-order chi connectivity index (χ0) is 81.7. The van der Waals surface area contributed by atoms with Crippen LogP contribution in [-0.2, 0) is 90.6 Å². The number of methoxy groups -OCH3 is 3. The standard InChI is InChI=1S/C99H117N9O6/c1-61-25-31-64(32-26-61)55-106-58-85(100-103-106)112-91-73-37-67-43-79(94(4,5)6)45-69(88(67)109-22)39-75-51-83(98(16,17)18)53-77(92(75)113-86-59-107(104-101-86)56-65-33-27-62(2)28-34-65)41-71-47-81(96(10,11)12)48-72(90(71)111-24)42-78-54-84(99(19,20)21)52-76(93(78)114-87-60-108(105-102-87)57-66-35-29-63(3)30-36-66)40-70-46-80(95(7,8)9)44-68(89(70)110-23)38-74(91)50-82(49-73)97(13,14)15/h25-36,43-54,58-60H,37-42,55-57H2,1-24H3. The van der Waals surface area contributed by atoms with Crippen LogP contribution in [0.25, 0.3) is 0 Å². The smallest absolute Gasteiger partial charge is 0.258 e. The molecule has 0 unspecified atom stereocenters. The van der Waals surface area contributed by atoms with Crippen LogP contribution in [0.5, 0.6) is 52.1 Å². The van der Waals surface area contributed by atoms with Gasteiger partial charge in [0.15, 0.2) is 0 Å². The number of ether oxygens (including phenoxy) is 6. The number of fused-ring (bicyclic) bond motifs is 12. The Hall–Kier alpha value is -10.8. The fraction of sp³-hybridized carbons (Fsp3) is 0.394. The predicted molar refractivity (Wildman–Crippen MR) is 458 cm³/mol. The summed E-state index contributed by atoms with van der Waals surface area (Å²) in [4.78, 5) is 0. The quantitative estimate of drug-likeness (QED) is 0.0962. The van der Waals surface area contributed by atoms with Crippen LogP contribution in [0.2, 0.25) is 0 Å². The molecule has 0 saturated heterocycles. The van der Waals surface area contributed by atoms with Gasteiger partial charge in [-0.1, -0.05) is 318 Å². The molecule has 594 valence electrons. The summed E-state index contributed by atoms with van der Waals surface area (Å²) in [6.07, 6.45) is 8.29. The van der Waals surface area contributed by atoms with E-state index in [1.807, 2.05) is 32.6 Å². The fourth-order valence-electron chi connectivity index (χ4n) is 15.3. The van der Waals surface area contributed by atoms with Gasteiger partial charge in [0.1, 0.15) is 34.5 Å². The first-order valence-corrected chi connectivity index (χ1v) is 40.2. The molecule has 0 atom stereocenters. The van der Waals surface area contributed by atoms with E-state index >= 15 is 0 Å². The van der Waals surface area contributed by atoms with E-state index in [9.17, 15) is 0 Å². The maximum absolute atomic E-state index is 7.48. The molecule has 12 bridgehead atoms. The minimum absolute atomic E-state index is 0.304. The Morgan fingerprint density at radius 3 is 0.579 bits per heavy atom. The normalized spacial score (nSPS) is 13.2. The van der Waals surface area contributed by atoms with Crippen LogP contribution in [0.4, 0.5) is 0 Å². The molecule has 0 radical (unpaired) electrons. The summed E-state index contributed by atoms with van der Waals surface area (Å²) >= 11 is 0. The van der Waals surface area contributed by atoms with Crippen molar-refractivity contribution >= 4 is 0 Å². The number of hydrogen-bond acceptors (Lipinski definition) is 12. The summed E-state index contributed by atoms with van der Waals surface area (Å²) in [6, 6.07) is 53.7. The van der Waals surface area contributed by atoms with Crippen molar-refractivity contribution < 1.29 is 28.4 Å². The van der Waals surface area contributed by atoms with Crippen LogP contribution < -0.4 is 28.4 Å². The van der Waals surface area contributed by atoms with E-state index in [0.717, 1.165) is 134 Å². The number of nitrogens with zero attached hydrogens (tertiary/aromatic N) is 9. The van der Waals surface area contributed by atoms with E-state index in [2.05, 4.69) is 291 Å². The summed E-state index contributed by atoms with van der Waals surface area (Å²) in [5, 5.41) is 28.6. The lowest BCUT2D eigenvalue weighted by Gasteiger charge is -2.28. The molecule has 13 rings (SSSR count). The van der Waals surface area contributed by atoms with E-state index < -0.39 is 0 Å². The average molecular weight is 1530 g/mol. The molecule has 0 amide bonds. The van der Waals surface area contributed by atoms with Gasteiger partial charge in [0, 0.05) is 38.5 Å². The van der Waals surface area contributed by atoms with E-state index in [-0.39, 0.29) is 32.5 Å². The molecule has 15 heteroatoms. The Balaban J connectivity index is 1.11. The highest BCUT2D eigenvalue weighted by Gasteiger charge is 2.33. The third-order valence-electron chi connectivity index (χ3n) is 22.1. The van der Waals surface area contributed by atoms with Gasteiger partial charge in [-0.3, -0.25) is 0 Å². The lowest BCUT2D eigenvalue weighted by atomic mass is 9.79. The molecule has 0 N–H and O–H groups in total. The minimum Gasteiger partial charge on any atom is -0.496 e. The minimum atomic E-state index is -0.318. The predicted octanol–water partition coefficient (Wildman–Crippen LogP) is 22.6. The molecule has 0 aliphatic heterocycles. The van der Waals surface area contributed by atoms with Gasteiger partial charge in [0.05, 0.1) is 59.6 Å². The molecular formula is C99H117N9O6. The van der Waals surface area contributed by atoms with Crippen LogP contribution in [0.15, 0.2) is 164 Å². The second kappa shape index (κ2) is 31.9. The zero-order valence-electron chi connectivity index (χ0n) is 71.9. The van der Waals surface area contributed by atoms with Crippen molar-refractivity contribution in [2.45, 2.75) is 236 Å². The van der Waals surface area contributed by atoms with Crippen LogP contribution in [0.3, 0.4) is 0 Å². The molecule has 1 aliphatic rings. The highest BCUT2D eigenvalue weighted by Crippen LogP contribution is 2.48. The molecule has 3 heterocycles. The van der Waals surface area contributed by atoms with Crippen molar-refractivity contribution in [2.24, 2.45) is 0 Å². The maximum atomic E-state index is 7.48. The molecular weight excluding hydrogens is 1410 g/mol. The van der Waals surface area contributed by atoms with Crippen molar-refractivity contribution in [3.05, 3.63) is 298 Å². The van der Waals surface area contributed by atoms with Crippen molar-refractivity contribution in [3.63, 3.8) is 0 Å². The monoisotopic (exact) mass is 1530 g/mol. The molecule has 0 spiro atoms. The van der Waals surface area contributed by atoms with E-state index in [0.29, 0.717) is 93.0 Å². The Morgan fingerprint density at radius 2 is 0.421 bits per heavy atom. The number of hydrogen-bond donors (Lipinski definition) is 0. The lowest BCUT2D eigenvalue weighted by molar-refractivity contribution is 0.403. The lowest BCUT2D eigenvalue weighted by Crippen LogP contribution is -2.17. The zero-order valence-corrected chi connectivity index (χ0v) is 71.9. The first-order chi connectivity index (χ1) is 53.7. The topological polar surface area (TPSA) is 148 Å². The van der Waals surface area contributed by atoms with Crippen LogP contribution in [0.1, 0.15) is 258 Å². The molecule has 0 saturated carbocycles. The number of benzene rings is 9. The average Bonchev–Trinajstić information content (AvgIpc) is 0.864. The van der Waals surface area contributed by atoms with Gasteiger partial charge in [-0.15, -0.1) is 0 Å². The van der Waals surface area contributed by atoms with Gasteiger partial charge < -0.3 is 28.4 Å². The van der Waals surface area contributed by atoms with E-state index in [1.54, 1.807) is 21.3 Å². The fourth-order valence-corrected chi connectivity index (χ4v) is 15.3. The molecule has 15 nitrogen and oxygen atoms in total. The SMILES string of the molecule is COc1c2cc(C(C)(C)C)cc1Cc1cc(C(C)(C)C)cc(c1Oc1cn(Cc3ccc(C)cc3)nn1)Cc1cc(C(C)(C)C)cc(c1OC)Cc1cc(C(C)(C)C)cc(c1Oc1cn(Cc3ccc(C)cc3)nn1)Cc1cc(C(C)(C)C)cc(c1OC)Cc1cc(C(C)(C)C)cc(c1Oc1cn(Cc3ccc(C)cc3)nn1)C2. The van der Waals surface area contributed by atoms with Gasteiger partial charge in [-0.2, -0.15) is 0 Å². The van der Waals surface area contributed by atoms with Gasteiger partial charge >= 0.3 is 0 Å². The highest BCUT2D eigenvalue weighted by atomic mass is 16.5. The molecule has 114 heavy (non-hydrogen) atoms. The number of aryl methyl sites for hydroxylation is 3. The van der Waals surface area contributed by atoms with E-state index in [1.165, 1.54) is 16.7 Å². The molecule has 3 aromatic heterocycles. The largest absolute Gasteiger partial charge is 0.496 e. The van der Waals surface area contributed by atoms with Crippen LogP contribution in [-0.4, -0.2) is 66.3 Å². The molecule has 9 aromatic carbocycles. The summed E-state index contributed by atoms with van der Waals surface area (Å²) in [5.74, 6) is 5.50. The van der Waals surface area contributed by atoms with Crippen LogP contribution in [0, 0.1) is 20.8 Å². The third kappa shape index (κ3) is 18.8. The van der Waals surface area contributed by atoms with Crippen molar-refractivity contribution in [1.82, 2.24) is 45.0 Å². The van der Waals surface area contributed by atoms with Crippen molar-refractivity contribution in [1.29, 1.82) is 0 Å². The molecule has 0 fully saturated rings. The highest BCUT2D eigenvalue weighted by molar-refractivity contribution is 5.63. The van der Waals surface area contributed by atoms with Gasteiger partial charge in [0.25, 0.3) is 17.6 Å². The Kier molecular flexibility index (Phi) is 22.7.